The maximum atomic E-state index is 11.9. The van der Waals surface area contributed by atoms with Gasteiger partial charge in [0.15, 0.2) is 5.96 Å². The van der Waals surface area contributed by atoms with Crippen LogP contribution in [0.1, 0.15) is 45.4 Å². The first kappa shape index (κ1) is 24.4. The number of rotatable bonds is 12. The zero-order chi connectivity index (χ0) is 17.5. The summed E-state index contributed by atoms with van der Waals surface area (Å²) >= 11 is 0. The average molecular weight is 470 g/mol. The summed E-state index contributed by atoms with van der Waals surface area (Å²) in [5.74, 6) is 0.875. The van der Waals surface area contributed by atoms with E-state index in [9.17, 15) is 4.79 Å². The van der Waals surface area contributed by atoms with E-state index in [0.29, 0.717) is 45.4 Å². The second-order valence-corrected chi connectivity index (χ2v) is 5.95. The van der Waals surface area contributed by atoms with E-state index in [0.717, 1.165) is 31.8 Å². The van der Waals surface area contributed by atoms with Crippen LogP contribution in [0.5, 0.6) is 0 Å². The average Bonchev–Trinajstić information content (AvgIpc) is 3.06. The summed E-state index contributed by atoms with van der Waals surface area (Å²) in [7, 11) is 1.66. The van der Waals surface area contributed by atoms with Gasteiger partial charge in [-0.05, 0) is 26.2 Å². The standard InChI is InChI=1S/C17H34N4O3.HI/c1-3-18-17(19-10-6-12-24-14-13-23-2)20-11-9-16(22)21-15-7-4-5-8-15;/h15H,3-14H2,1-2H3,(H,21,22)(H2,18,19,20);1H. The Hall–Kier alpha value is -0.610. The minimum atomic E-state index is 0. The van der Waals surface area contributed by atoms with Crippen molar-refractivity contribution in [2.45, 2.75) is 51.5 Å². The molecule has 0 radical (unpaired) electrons. The summed E-state index contributed by atoms with van der Waals surface area (Å²) in [6, 6.07) is 0.387. The first-order chi connectivity index (χ1) is 11.8. The summed E-state index contributed by atoms with van der Waals surface area (Å²) in [5, 5.41) is 9.49. The van der Waals surface area contributed by atoms with Crippen molar-refractivity contribution >= 4 is 35.8 Å². The van der Waals surface area contributed by atoms with E-state index in [1.54, 1.807) is 7.11 Å². The molecule has 1 rings (SSSR count). The van der Waals surface area contributed by atoms with E-state index >= 15 is 0 Å². The first-order valence-corrected chi connectivity index (χ1v) is 9.14. The van der Waals surface area contributed by atoms with Crippen LogP contribution in [0, 0.1) is 0 Å². The van der Waals surface area contributed by atoms with Gasteiger partial charge in [-0.1, -0.05) is 12.8 Å². The lowest BCUT2D eigenvalue weighted by molar-refractivity contribution is -0.121. The molecule has 3 N–H and O–H groups in total. The monoisotopic (exact) mass is 470 g/mol. The van der Waals surface area contributed by atoms with Crippen molar-refractivity contribution in [3.8, 4) is 0 Å². The minimum absolute atomic E-state index is 0. The summed E-state index contributed by atoms with van der Waals surface area (Å²) in [5.41, 5.74) is 0. The number of ether oxygens (including phenoxy) is 2. The normalized spacial score (nSPS) is 14.9. The molecule has 0 saturated heterocycles. The molecule has 1 saturated carbocycles. The second-order valence-electron chi connectivity index (χ2n) is 5.95. The molecule has 8 heteroatoms. The molecule has 0 bridgehead atoms. The van der Waals surface area contributed by atoms with Crippen molar-refractivity contribution in [1.29, 1.82) is 0 Å². The molecule has 1 fully saturated rings. The molecule has 148 valence electrons. The van der Waals surface area contributed by atoms with Crippen molar-refractivity contribution in [3.63, 3.8) is 0 Å². The van der Waals surface area contributed by atoms with Gasteiger partial charge in [-0.25, -0.2) is 0 Å². The number of amides is 1. The van der Waals surface area contributed by atoms with Crippen molar-refractivity contribution in [1.82, 2.24) is 16.0 Å². The van der Waals surface area contributed by atoms with Gasteiger partial charge >= 0.3 is 0 Å². The lowest BCUT2D eigenvalue weighted by atomic mass is 10.2. The third kappa shape index (κ3) is 13.3. The van der Waals surface area contributed by atoms with E-state index in [1.807, 2.05) is 6.92 Å². The largest absolute Gasteiger partial charge is 0.382 e. The second kappa shape index (κ2) is 16.8. The van der Waals surface area contributed by atoms with E-state index in [-0.39, 0.29) is 29.9 Å². The van der Waals surface area contributed by atoms with Crippen LogP contribution in [0.4, 0.5) is 0 Å². The number of nitrogens with one attached hydrogen (secondary N) is 3. The zero-order valence-electron chi connectivity index (χ0n) is 15.6. The van der Waals surface area contributed by atoms with E-state index in [1.165, 1.54) is 12.8 Å². The number of guanidine groups is 1. The lowest BCUT2D eigenvalue weighted by Gasteiger charge is -2.13. The third-order valence-electron chi connectivity index (χ3n) is 3.86. The van der Waals surface area contributed by atoms with E-state index < -0.39 is 0 Å². The molecule has 0 aliphatic heterocycles. The smallest absolute Gasteiger partial charge is 0.221 e. The lowest BCUT2D eigenvalue weighted by Crippen LogP contribution is -2.40. The van der Waals surface area contributed by atoms with Gasteiger partial charge in [-0.15, -0.1) is 24.0 Å². The molecule has 1 amide bonds. The Morgan fingerprint density at radius 1 is 1.16 bits per heavy atom. The minimum Gasteiger partial charge on any atom is -0.382 e. The quantitative estimate of drug-likeness (QED) is 0.175. The van der Waals surface area contributed by atoms with Crippen LogP contribution in [-0.4, -0.2) is 64.5 Å². The molecule has 0 aromatic carbocycles. The SMILES string of the molecule is CCNC(=NCCCOCCOC)NCCC(=O)NC1CCCC1.I. The summed E-state index contributed by atoms with van der Waals surface area (Å²) < 4.78 is 10.3. The van der Waals surface area contributed by atoms with Crippen molar-refractivity contribution in [2.24, 2.45) is 4.99 Å². The van der Waals surface area contributed by atoms with E-state index in [4.69, 9.17) is 9.47 Å². The third-order valence-corrected chi connectivity index (χ3v) is 3.86. The van der Waals surface area contributed by atoms with Gasteiger partial charge in [0.2, 0.25) is 5.91 Å². The highest BCUT2D eigenvalue weighted by Crippen LogP contribution is 2.17. The number of nitrogens with zero attached hydrogens (tertiary/aromatic N) is 1. The van der Waals surface area contributed by atoms with Gasteiger partial charge < -0.3 is 25.4 Å². The number of methoxy groups -OCH3 is 1. The molecule has 1 aliphatic rings. The number of halogens is 1. The fourth-order valence-corrected chi connectivity index (χ4v) is 2.61. The van der Waals surface area contributed by atoms with Gasteiger partial charge in [-0.2, -0.15) is 0 Å². The van der Waals surface area contributed by atoms with Crippen LogP contribution in [0.3, 0.4) is 0 Å². The Balaban J connectivity index is 0.00000576. The molecular weight excluding hydrogens is 435 g/mol. The maximum Gasteiger partial charge on any atom is 0.221 e. The van der Waals surface area contributed by atoms with Crippen molar-refractivity contribution in [2.75, 3.05) is 46.6 Å². The predicted molar refractivity (Wildman–Crippen MR) is 112 cm³/mol. The van der Waals surface area contributed by atoms with Gasteiger partial charge in [0.25, 0.3) is 0 Å². The molecule has 0 spiro atoms. The molecule has 25 heavy (non-hydrogen) atoms. The predicted octanol–water partition coefficient (Wildman–Crippen LogP) is 1.66. The van der Waals surface area contributed by atoms with Crippen LogP contribution in [-0.2, 0) is 14.3 Å². The van der Waals surface area contributed by atoms with Crippen LogP contribution in [0.25, 0.3) is 0 Å². The van der Waals surface area contributed by atoms with Gasteiger partial charge in [0.1, 0.15) is 0 Å². The van der Waals surface area contributed by atoms with Gasteiger partial charge in [0, 0.05) is 45.8 Å². The zero-order valence-corrected chi connectivity index (χ0v) is 18.0. The highest BCUT2D eigenvalue weighted by molar-refractivity contribution is 14.0. The van der Waals surface area contributed by atoms with Crippen molar-refractivity contribution in [3.05, 3.63) is 0 Å². The molecule has 1 aliphatic carbocycles. The van der Waals surface area contributed by atoms with Gasteiger partial charge in [0.05, 0.1) is 13.2 Å². The Labute approximate surface area is 169 Å². The van der Waals surface area contributed by atoms with Crippen LogP contribution in [0.2, 0.25) is 0 Å². The maximum absolute atomic E-state index is 11.9. The topological polar surface area (TPSA) is 84.0 Å². The molecular formula is C17H35IN4O3. The highest BCUT2D eigenvalue weighted by Gasteiger charge is 2.16. The molecule has 0 heterocycles. The first-order valence-electron chi connectivity index (χ1n) is 9.14. The number of aliphatic imine (C=N–C) groups is 1. The molecule has 0 aromatic heterocycles. The van der Waals surface area contributed by atoms with E-state index in [2.05, 4.69) is 20.9 Å². The molecule has 0 atom stereocenters. The summed E-state index contributed by atoms with van der Waals surface area (Å²) in [4.78, 5) is 16.4. The Morgan fingerprint density at radius 3 is 2.60 bits per heavy atom. The van der Waals surface area contributed by atoms with Crippen LogP contribution >= 0.6 is 24.0 Å². The number of hydrogen-bond donors (Lipinski definition) is 3. The Morgan fingerprint density at radius 2 is 1.92 bits per heavy atom. The Kier molecular flexibility index (Phi) is 16.4. The van der Waals surface area contributed by atoms with Crippen molar-refractivity contribution < 1.29 is 14.3 Å². The van der Waals surface area contributed by atoms with Crippen LogP contribution < -0.4 is 16.0 Å². The fourth-order valence-electron chi connectivity index (χ4n) is 2.61. The summed E-state index contributed by atoms with van der Waals surface area (Å²) in [6.45, 7) is 6.02. The Bertz CT molecular complexity index is 364. The summed E-state index contributed by atoms with van der Waals surface area (Å²) in [6.07, 6.45) is 6.04. The number of carbonyl (C=O) groups excluding carboxylic acids is 1. The number of carbonyl (C=O) groups is 1. The molecule has 0 aromatic rings. The van der Waals surface area contributed by atoms with Gasteiger partial charge in [-0.3, -0.25) is 9.79 Å². The highest BCUT2D eigenvalue weighted by atomic mass is 127. The number of hydrogen-bond acceptors (Lipinski definition) is 4. The molecule has 0 unspecified atom stereocenters. The van der Waals surface area contributed by atoms with Crippen LogP contribution in [0.15, 0.2) is 4.99 Å². The fraction of sp³-hybridized carbons (Fsp3) is 0.882. The molecule has 7 nitrogen and oxygen atoms in total.